The van der Waals surface area contributed by atoms with E-state index >= 15 is 0 Å². The zero-order chi connectivity index (χ0) is 23.8. The summed E-state index contributed by atoms with van der Waals surface area (Å²) in [6.07, 6.45) is 4.40. The number of amides is 1. The summed E-state index contributed by atoms with van der Waals surface area (Å²) < 4.78 is 86.2. The van der Waals surface area contributed by atoms with E-state index in [0.717, 1.165) is 6.92 Å². The van der Waals surface area contributed by atoms with Crippen LogP contribution >= 0.6 is 0 Å². The Morgan fingerprint density at radius 1 is 1.09 bits per heavy atom. The third-order valence-electron chi connectivity index (χ3n) is 5.03. The minimum Gasteiger partial charge on any atom is -0.428 e. The van der Waals surface area contributed by atoms with Crippen LogP contribution in [-0.4, -0.2) is 21.1 Å². The summed E-state index contributed by atoms with van der Waals surface area (Å²) in [6, 6.07) is 4.36. The van der Waals surface area contributed by atoms with Crippen LogP contribution in [-0.2, 0) is 26.1 Å². The molecule has 1 atom stereocenters. The number of ether oxygens (including phenoxy) is 1. The Bertz CT molecular complexity index is 1210. The molecule has 0 radical (unpaired) electrons. The van der Waals surface area contributed by atoms with Gasteiger partial charge in [0.25, 0.3) is 0 Å². The molecule has 2 aromatic carbocycles. The molecule has 1 heterocycles. The summed E-state index contributed by atoms with van der Waals surface area (Å²) >= 11 is 0. The van der Waals surface area contributed by atoms with Crippen LogP contribution in [0.4, 0.5) is 28.0 Å². The molecule has 0 aromatic heterocycles. The first-order valence-electron chi connectivity index (χ1n) is 9.59. The molecular weight excluding hydrogens is 450 g/mol. The van der Waals surface area contributed by atoms with Gasteiger partial charge < -0.3 is 4.74 Å². The van der Waals surface area contributed by atoms with Gasteiger partial charge in [0, 0.05) is 23.2 Å². The Kier molecular flexibility index (Phi) is 6.51. The van der Waals surface area contributed by atoms with Crippen molar-refractivity contribution in [3.63, 3.8) is 0 Å². The highest BCUT2D eigenvalue weighted by molar-refractivity contribution is 7.89. The van der Waals surface area contributed by atoms with Crippen LogP contribution < -0.4 is 4.90 Å². The lowest BCUT2D eigenvalue weighted by atomic mass is 10.0. The number of carbonyl (C=O) groups is 1. The molecule has 170 valence electrons. The van der Waals surface area contributed by atoms with Crippen LogP contribution in [0.5, 0.6) is 0 Å². The van der Waals surface area contributed by atoms with Crippen molar-refractivity contribution in [1.29, 1.82) is 0 Å². The number of hydrogen-bond acceptors (Lipinski definition) is 4. The molecule has 1 amide bonds. The van der Waals surface area contributed by atoms with Crippen molar-refractivity contribution in [2.75, 3.05) is 11.4 Å². The van der Waals surface area contributed by atoms with Crippen LogP contribution in [0.1, 0.15) is 41.7 Å². The van der Waals surface area contributed by atoms with Crippen molar-refractivity contribution >= 4 is 21.6 Å². The molecule has 1 aliphatic heterocycles. The Balaban J connectivity index is 1.95. The summed E-state index contributed by atoms with van der Waals surface area (Å²) in [5.41, 5.74) is -1.02. The van der Waals surface area contributed by atoms with E-state index in [-0.39, 0.29) is 5.56 Å². The van der Waals surface area contributed by atoms with E-state index in [1.165, 1.54) is 23.1 Å². The van der Waals surface area contributed by atoms with Crippen molar-refractivity contribution in [2.24, 2.45) is 0 Å². The topological polar surface area (TPSA) is 63.7 Å². The van der Waals surface area contributed by atoms with E-state index in [1.54, 1.807) is 0 Å². The molecule has 10 heteroatoms. The molecule has 0 fully saturated rings. The van der Waals surface area contributed by atoms with Gasteiger partial charge in [-0.25, -0.2) is 30.8 Å². The molecule has 1 aliphatic rings. The fraction of sp³-hybridized carbons (Fsp3) is 0.318. The first-order valence-corrected chi connectivity index (χ1v) is 11.4. The average Bonchev–Trinajstić information content (AvgIpc) is 2.75. The van der Waals surface area contributed by atoms with Gasteiger partial charge in [0.05, 0.1) is 17.2 Å². The Morgan fingerprint density at radius 2 is 1.72 bits per heavy atom. The SMILES string of the molecule is C#CC1OC(=O)N(CCC)c2ccc(CS(=O)(=O)Cc3c(F)c(F)c(C)c(F)c3F)cc21. The highest BCUT2D eigenvalue weighted by Crippen LogP contribution is 2.36. The largest absolute Gasteiger partial charge is 0.428 e. The fourth-order valence-corrected chi connectivity index (χ4v) is 4.96. The summed E-state index contributed by atoms with van der Waals surface area (Å²) in [4.78, 5) is 13.5. The number of sulfone groups is 1. The molecule has 0 N–H and O–H groups in total. The Labute approximate surface area is 182 Å². The highest BCUT2D eigenvalue weighted by Gasteiger charge is 2.32. The molecule has 0 saturated carbocycles. The van der Waals surface area contributed by atoms with Crippen molar-refractivity contribution < 1.29 is 35.5 Å². The number of fused-ring (bicyclic) bond motifs is 1. The quantitative estimate of drug-likeness (QED) is 0.349. The number of halogens is 4. The van der Waals surface area contributed by atoms with E-state index < -0.39 is 67.9 Å². The van der Waals surface area contributed by atoms with Crippen LogP contribution in [0.25, 0.3) is 0 Å². The van der Waals surface area contributed by atoms with Crippen LogP contribution in [0.15, 0.2) is 18.2 Å². The zero-order valence-corrected chi connectivity index (χ0v) is 18.0. The third kappa shape index (κ3) is 4.30. The zero-order valence-electron chi connectivity index (χ0n) is 17.2. The summed E-state index contributed by atoms with van der Waals surface area (Å²) in [7, 11) is -4.25. The average molecular weight is 469 g/mol. The van der Waals surface area contributed by atoms with Crippen molar-refractivity contribution in [3.05, 3.63) is 63.7 Å². The maximum Gasteiger partial charge on any atom is 0.415 e. The van der Waals surface area contributed by atoms with Crippen molar-refractivity contribution in [1.82, 2.24) is 0 Å². The second kappa shape index (κ2) is 8.82. The maximum atomic E-state index is 14.1. The molecule has 3 rings (SSSR count). The molecular formula is C22H19F4NO4S. The van der Waals surface area contributed by atoms with Gasteiger partial charge in [0.2, 0.25) is 0 Å². The normalized spacial score (nSPS) is 15.8. The lowest BCUT2D eigenvalue weighted by molar-refractivity contribution is 0.125. The first kappa shape index (κ1) is 23.6. The number of hydrogen-bond donors (Lipinski definition) is 0. The summed E-state index contributed by atoms with van der Waals surface area (Å²) in [6.45, 7) is 3.05. The van der Waals surface area contributed by atoms with E-state index in [4.69, 9.17) is 11.2 Å². The molecule has 0 bridgehead atoms. The van der Waals surface area contributed by atoms with Crippen molar-refractivity contribution in [3.8, 4) is 12.3 Å². The minimum atomic E-state index is -4.25. The predicted molar refractivity (Wildman–Crippen MR) is 109 cm³/mol. The Morgan fingerprint density at radius 3 is 2.28 bits per heavy atom. The van der Waals surface area contributed by atoms with E-state index in [1.807, 2.05) is 6.92 Å². The first-order chi connectivity index (χ1) is 15.0. The number of benzene rings is 2. The van der Waals surface area contributed by atoms with Crippen LogP contribution in [0, 0.1) is 42.5 Å². The fourth-order valence-electron chi connectivity index (χ4n) is 3.47. The second-order valence-corrected chi connectivity index (χ2v) is 9.43. The number of nitrogens with zero attached hydrogens (tertiary/aromatic N) is 1. The van der Waals surface area contributed by atoms with Crippen LogP contribution in [0.3, 0.4) is 0 Å². The molecule has 0 saturated heterocycles. The van der Waals surface area contributed by atoms with E-state index in [2.05, 4.69) is 5.92 Å². The van der Waals surface area contributed by atoms with E-state index in [9.17, 15) is 30.8 Å². The van der Waals surface area contributed by atoms with Gasteiger partial charge in [0.15, 0.2) is 39.2 Å². The van der Waals surface area contributed by atoms with Gasteiger partial charge in [-0.1, -0.05) is 18.9 Å². The smallest absolute Gasteiger partial charge is 0.415 e. The molecule has 2 aromatic rings. The third-order valence-corrected chi connectivity index (χ3v) is 6.53. The standard InChI is InChI=1S/C22H19F4NO4S/c1-4-8-27-16-7-6-13(9-14(16)17(5-2)31-22(27)28)10-32(29,30)11-15-20(25)18(23)12(3)19(24)21(15)26/h2,6-7,9,17H,4,8,10-11H2,1,3H3. The Hall–Kier alpha value is -3.06. The minimum absolute atomic E-state index is 0.201. The number of rotatable bonds is 6. The molecule has 0 spiro atoms. The van der Waals surface area contributed by atoms with Gasteiger partial charge in [-0.2, -0.15) is 0 Å². The molecule has 32 heavy (non-hydrogen) atoms. The second-order valence-electron chi connectivity index (χ2n) is 7.37. The molecule has 1 unspecified atom stereocenters. The van der Waals surface area contributed by atoms with Gasteiger partial charge in [0.1, 0.15) is 0 Å². The lowest BCUT2D eigenvalue weighted by Gasteiger charge is -2.32. The van der Waals surface area contributed by atoms with Gasteiger partial charge in [-0.3, -0.25) is 4.90 Å². The number of carbonyl (C=O) groups excluding carboxylic acids is 1. The number of cyclic esters (lactones) is 1. The molecule has 0 aliphatic carbocycles. The highest BCUT2D eigenvalue weighted by atomic mass is 32.2. The molecule has 5 nitrogen and oxygen atoms in total. The summed E-state index contributed by atoms with van der Waals surface area (Å²) in [5, 5.41) is 0. The summed E-state index contributed by atoms with van der Waals surface area (Å²) in [5.74, 6) is -6.39. The van der Waals surface area contributed by atoms with Crippen molar-refractivity contribution in [2.45, 2.75) is 37.9 Å². The van der Waals surface area contributed by atoms with E-state index in [0.29, 0.717) is 24.2 Å². The number of terminal acetylenes is 1. The lowest BCUT2D eigenvalue weighted by Crippen LogP contribution is -2.37. The number of anilines is 1. The van der Waals surface area contributed by atoms with Crippen LogP contribution in [0.2, 0.25) is 0 Å². The van der Waals surface area contributed by atoms with Gasteiger partial charge >= 0.3 is 6.09 Å². The van der Waals surface area contributed by atoms with Gasteiger partial charge in [-0.05, 0) is 31.0 Å². The van der Waals surface area contributed by atoms with Gasteiger partial charge in [-0.15, -0.1) is 6.42 Å². The monoisotopic (exact) mass is 469 g/mol. The predicted octanol–water partition coefficient (Wildman–Crippen LogP) is 4.71. The maximum absolute atomic E-state index is 14.1.